The lowest BCUT2D eigenvalue weighted by atomic mass is 10.1. The van der Waals surface area contributed by atoms with E-state index in [1.807, 2.05) is 47.4 Å². The Kier molecular flexibility index (Phi) is 4.82. The molecule has 132 valence electrons. The van der Waals surface area contributed by atoms with Crippen LogP contribution >= 0.6 is 27.7 Å². The Hall–Kier alpha value is -2.12. The van der Waals surface area contributed by atoms with E-state index in [1.165, 1.54) is 17.3 Å². The van der Waals surface area contributed by atoms with Crippen LogP contribution in [0, 0.1) is 0 Å². The summed E-state index contributed by atoms with van der Waals surface area (Å²) < 4.78 is 6.63. The second-order valence-electron chi connectivity index (χ2n) is 6.12. The lowest BCUT2D eigenvalue weighted by molar-refractivity contribution is -0.116. The van der Waals surface area contributed by atoms with Crippen LogP contribution in [0.3, 0.4) is 0 Å². The van der Waals surface area contributed by atoms with Crippen LogP contribution in [0.4, 0.5) is 5.69 Å². The van der Waals surface area contributed by atoms with Crippen LogP contribution in [0.2, 0.25) is 0 Å². The molecular weight excluding hydrogens is 414 g/mol. The van der Waals surface area contributed by atoms with Gasteiger partial charge in [-0.25, -0.2) is 0 Å². The molecule has 4 rings (SSSR count). The lowest BCUT2D eigenvalue weighted by Crippen LogP contribution is -2.36. The molecule has 7 heteroatoms. The van der Waals surface area contributed by atoms with Gasteiger partial charge in [-0.15, -0.1) is 10.2 Å². The summed E-state index contributed by atoms with van der Waals surface area (Å²) in [5.74, 6) is 0.759. The van der Waals surface area contributed by atoms with Gasteiger partial charge in [-0.1, -0.05) is 52.0 Å². The second-order valence-corrected chi connectivity index (χ2v) is 7.96. The molecule has 0 radical (unpaired) electrons. The topological polar surface area (TPSA) is 59.2 Å². The first-order chi connectivity index (χ1) is 12.6. The monoisotopic (exact) mass is 429 g/mol. The predicted molar refractivity (Wildman–Crippen MR) is 105 cm³/mol. The summed E-state index contributed by atoms with van der Waals surface area (Å²) in [5, 5.41) is 8.51. The molecule has 0 fully saturated rings. The molecule has 0 N–H and O–H groups in total. The first-order valence-electron chi connectivity index (χ1n) is 8.24. The van der Waals surface area contributed by atoms with Gasteiger partial charge < -0.3 is 9.32 Å². The van der Waals surface area contributed by atoms with E-state index in [-0.39, 0.29) is 17.7 Å². The summed E-state index contributed by atoms with van der Waals surface area (Å²) in [4.78, 5) is 14.6. The summed E-state index contributed by atoms with van der Waals surface area (Å²) in [6.07, 6.45) is 0.889. The number of aromatic nitrogens is 2. The lowest BCUT2D eigenvalue weighted by Gasteiger charge is -2.22. The number of para-hydroxylation sites is 1. The van der Waals surface area contributed by atoms with E-state index in [1.54, 1.807) is 0 Å². The van der Waals surface area contributed by atoms with Gasteiger partial charge in [0.25, 0.3) is 5.22 Å². The van der Waals surface area contributed by atoms with Gasteiger partial charge >= 0.3 is 0 Å². The Morgan fingerprint density at radius 2 is 2.12 bits per heavy atom. The number of thioether (sulfide) groups is 1. The maximum Gasteiger partial charge on any atom is 0.277 e. The number of rotatable bonds is 4. The van der Waals surface area contributed by atoms with E-state index in [9.17, 15) is 4.79 Å². The van der Waals surface area contributed by atoms with Crippen molar-refractivity contribution in [3.63, 3.8) is 0 Å². The fourth-order valence-corrected chi connectivity index (χ4v) is 4.17. The Morgan fingerprint density at radius 1 is 1.27 bits per heavy atom. The Balaban J connectivity index is 1.44. The highest BCUT2D eigenvalue weighted by Crippen LogP contribution is 2.33. The normalized spacial score (nSPS) is 15.9. The number of hydrogen-bond acceptors (Lipinski definition) is 5. The molecule has 0 saturated heterocycles. The van der Waals surface area contributed by atoms with Crippen LogP contribution < -0.4 is 4.90 Å². The number of halogens is 1. The number of hydrogen-bond donors (Lipinski definition) is 0. The fourth-order valence-electron chi connectivity index (χ4n) is 3.14. The average Bonchev–Trinajstić information content (AvgIpc) is 3.23. The minimum absolute atomic E-state index is 0.0506. The molecule has 0 aliphatic carbocycles. The highest BCUT2D eigenvalue weighted by molar-refractivity contribution is 9.10. The molecule has 2 heterocycles. The van der Waals surface area contributed by atoms with Crippen molar-refractivity contribution in [2.45, 2.75) is 24.6 Å². The zero-order chi connectivity index (χ0) is 18.1. The standard InChI is InChI=1S/C19H16BrN3O2S/c1-12-9-13-5-2-3-8-16(13)23(12)17(24)11-26-19-22-21-18(25-19)14-6-4-7-15(20)10-14/h2-8,10,12H,9,11H2,1H3. The van der Waals surface area contributed by atoms with Crippen molar-refractivity contribution in [1.82, 2.24) is 10.2 Å². The zero-order valence-electron chi connectivity index (χ0n) is 14.1. The van der Waals surface area contributed by atoms with Gasteiger partial charge in [-0.3, -0.25) is 4.79 Å². The third kappa shape index (κ3) is 3.41. The molecule has 0 bridgehead atoms. The third-order valence-corrected chi connectivity index (χ3v) is 5.57. The zero-order valence-corrected chi connectivity index (χ0v) is 16.5. The first-order valence-corrected chi connectivity index (χ1v) is 10.0. The molecule has 1 amide bonds. The molecule has 1 atom stereocenters. The van der Waals surface area contributed by atoms with Crippen molar-refractivity contribution in [2.75, 3.05) is 10.7 Å². The van der Waals surface area contributed by atoms with E-state index >= 15 is 0 Å². The summed E-state index contributed by atoms with van der Waals surface area (Å²) >= 11 is 4.70. The van der Waals surface area contributed by atoms with Gasteiger partial charge in [-0.2, -0.15) is 0 Å². The van der Waals surface area contributed by atoms with Crippen molar-refractivity contribution >= 4 is 39.3 Å². The summed E-state index contributed by atoms with van der Waals surface area (Å²) in [7, 11) is 0. The highest BCUT2D eigenvalue weighted by Gasteiger charge is 2.30. The smallest absolute Gasteiger partial charge is 0.277 e. The van der Waals surface area contributed by atoms with Gasteiger partial charge in [0, 0.05) is 21.8 Å². The van der Waals surface area contributed by atoms with Crippen molar-refractivity contribution in [3.8, 4) is 11.5 Å². The molecule has 1 unspecified atom stereocenters. The molecule has 2 aromatic carbocycles. The summed E-state index contributed by atoms with van der Waals surface area (Å²) in [6, 6.07) is 15.9. The van der Waals surface area contributed by atoms with Crippen LogP contribution in [-0.4, -0.2) is 27.9 Å². The number of carbonyl (C=O) groups is 1. The fraction of sp³-hybridized carbons (Fsp3) is 0.211. The number of fused-ring (bicyclic) bond motifs is 1. The van der Waals surface area contributed by atoms with E-state index in [0.29, 0.717) is 11.1 Å². The third-order valence-electron chi connectivity index (χ3n) is 4.27. The van der Waals surface area contributed by atoms with Gasteiger partial charge in [0.1, 0.15) is 0 Å². The van der Waals surface area contributed by atoms with Crippen molar-refractivity contribution in [3.05, 3.63) is 58.6 Å². The quantitative estimate of drug-likeness (QED) is 0.568. The van der Waals surface area contributed by atoms with E-state index in [2.05, 4.69) is 39.1 Å². The highest BCUT2D eigenvalue weighted by atomic mass is 79.9. The molecule has 0 spiro atoms. The Bertz CT molecular complexity index is 959. The summed E-state index contributed by atoms with van der Waals surface area (Å²) in [6.45, 7) is 2.07. The molecule has 3 aromatic rings. The number of carbonyl (C=O) groups excluding carboxylic acids is 1. The number of amides is 1. The molecule has 26 heavy (non-hydrogen) atoms. The van der Waals surface area contributed by atoms with Gasteiger partial charge in [0.15, 0.2) is 0 Å². The van der Waals surface area contributed by atoms with Gasteiger partial charge in [-0.05, 0) is 43.2 Å². The Morgan fingerprint density at radius 3 is 2.96 bits per heavy atom. The van der Waals surface area contributed by atoms with Crippen molar-refractivity contribution in [1.29, 1.82) is 0 Å². The molecule has 5 nitrogen and oxygen atoms in total. The number of nitrogens with zero attached hydrogens (tertiary/aromatic N) is 3. The molecule has 1 aromatic heterocycles. The molecule has 1 aliphatic rings. The van der Waals surface area contributed by atoms with Gasteiger partial charge in [0.2, 0.25) is 11.8 Å². The first kappa shape index (κ1) is 17.3. The van der Waals surface area contributed by atoms with Crippen LogP contribution in [0.5, 0.6) is 0 Å². The minimum atomic E-state index is 0.0506. The summed E-state index contributed by atoms with van der Waals surface area (Å²) in [5.41, 5.74) is 3.06. The number of anilines is 1. The second kappa shape index (κ2) is 7.25. The maximum absolute atomic E-state index is 12.7. The van der Waals surface area contributed by atoms with E-state index < -0.39 is 0 Å². The Labute approximate surface area is 163 Å². The predicted octanol–water partition coefficient (Wildman–Crippen LogP) is 4.57. The maximum atomic E-state index is 12.7. The molecule has 0 saturated carbocycles. The van der Waals surface area contributed by atoms with Crippen LogP contribution in [-0.2, 0) is 11.2 Å². The minimum Gasteiger partial charge on any atom is -0.411 e. The average molecular weight is 430 g/mol. The van der Waals surface area contributed by atoms with E-state index in [0.717, 1.165) is 22.1 Å². The van der Waals surface area contributed by atoms with E-state index in [4.69, 9.17) is 4.42 Å². The van der Waals surface area contributed by atoms with Crippen LogP contribution in [0.25, 0.3) is 11.5 Å². The van der Waals surface area contributed by atoms with Gasteiger partial charge in [0.05, 0.1) is 5.75 Å². The van der Waals surface area contributed by atoms with Crippen LogP contribution in [0.15, 0.2) is 62.6 Å². The molecular formula is C19H16BrN3O2S. The van der Waals surface area contributed by atoms with Crippen molar-refractivity contribution < 1.29 is 9.21 Å². The largest absolute Gasteiger partial charge is 0.411 e. The van der Waals surface area contributed by atoms with Crippen molar-refractivity contribution in [2.24, 2.45) is 0 Å². The SMILES string of the molecule is CC1Cc2ccccc2N1C(=O)CSc1nnc(-c2cccc(Br)c2)o1. The molecule has 1 aliphatic heterocycles. The number of benzene rings is 2. The van der Waals surface area contributed by atoms with Crippen LogP contribution in [0.1, 0.15) is 12.5 Å².